The van der Waals surface area contributed by atoms with E-state index in [4.69, 9.17) is 4.74 Å². The minimum Gasteiger partial charge on any atom is -0.494 e. The van der Waals surface area contributed by atoms with Gasteiger partial charge in [-0.2, -0.15) is 0 Å². The van der Waals surface area contributed by atoms with Crippen molar-refractivity contribution >= 4 is 0 Å². The van der Waals surface area contributed by atoms with Gasteiger partial charge in [-0.05, 0) is 55.5 Å². The molecule has 128 valence electrons. The van der Waals surface area contributed by atoms with Gasteiger partial charge in [0.1, 0.15) is 5.75 Å². The summed E-state index contributed by atoms with van der Waals surface area (Å²) in [4.78, 5) is 2.58. The maximum atomic E-state index is 5.91. The summed E-state index contributed by atoms with van der Waals surface area (Å²) in [6.07, 6.45) is 3.80. The molecule has 2 aromatic rings. The van der Waals surface area contributed by atoms with Gasteiger partial charge in [0.05, 0.1) is 6.61 Å². The van der Waals surface area contributed by atoms with Gasteiger partial charge in [-0.15, -0.1) is 0 Å². The summed E-state index contributed by atoms with van der Waals surface area (Å²) in [7, 11) is 0. The Morgan fingerprint density at radius 1 is 1.08 bits per heavy atom. The van der Waals surface area contributed by atoms with Crippen LogP contribution >= 0.6 is 0 Å². The van der Waals surface area contributed by atoms with Gasteiger partial charge in [-0.25, -0.2) is 0 Å². The molecule has 1 aliphatic heterocycles. The highest BCUT2D eigenvalue weighted by Crippen LogP contribution is 2.23. The molecule has 24 heavy (non-hydrogen) atoms. The van der Waals surface area contributed by atoms with E-state index in [0.29, 0.717) is 0 Å². The minimum atomic E-state index is 0.803. The van der Waals surface area contributed by atoms with Crippen molar-refractivity contribution in [3.8, 4) is 16.9 Å². The largest absolute Gasteiger partial charge is 0.494 e. The molecule has 0 radical (unpaired) electrons. The first kappa shape index (κ1) is 17.0. The highest BCUT2D eigenvalue weighted by Gasteiger charge is 2.19. The van der Waals surface area contributed by atoms with Crippen molar-refractivity contribution in [2.24, 2.45) is 5.92 Å². The monoisotopic (exact) mass is 323 g/mol. The molecule has 1 heterocycles. The molecule has 2 aromatic carbocycles. The molecule has 0 unspecified atom stereocenters. The normalized spacial score (nSPS) is 18.0. The lowest BCUT2D eigenvalue weighted by Gasteiger charge is -2.15. The van der Waals surface area contributed by atoms with Crippen molar-refractivity contribution in [3.63, 3.8) is 0 Å². The standard InChI is InChI=1S/C22H29NO/c1-3-19-12-14-23(17-19)13-5-15-24-22-10-8-20(9-11-22)21-7-4-6-18(2)16-21/h4,6-11,16,19H,3,5,12-15,17H2,1-2H3/t19-/m1/s1. The van der Waals surface area contributed by atoms with E-state index in [1.54, 1.807) is 0 Å². The Bertz CT molecular complexity index is 635. The highest BCUT2D eigenvalue weighted by molar-refractivity contribution is 5.64. The fourth-order valence-corrected chi connectivity index (χ4v) is 3.50. The first-order chi connectivity index (χ1) is 11.7. The van der Waals surface area contributed by atoms with E-state index in [1.807, 2.05) is 0 Å². The lowest BCUT2D eigenvalue weighted by atomic mass is 10.0. The van der Waals surface area contributed by atoms with E-state index >= 15 is 0 Å². The number of nitrogens with zero attached hydrogens (tertiary/aromatic N) is 1. The molecule has 2 heteroatoms. The average Bonchev–Trinajstić information content (AvgIpc) is 3.07. The van der Waals surface area contributed by atoms with Crippen LogP contribution in [0.2, 0.25) is 0 Å². The highest BCUT2D eigenvalue weighted by atomic mass is 16.5. The van der Waals surface area contributed by atoms with Crippen molar-refractivity contribution in [1.82, 2.24) is 4.90 Å². The summed E-state index contributed by atoms with van der Waals surface area (Å²) >= 11 is 0. The Morgan fingerprint density at radius 3 is 2.62 bits per heavy atom. The molecule has 1 fully saturated rings. The Labute approximate surface area is 146 Å². The zero-order valence-corrected chi connectivity index (χ0v) is 15.0. The van der Waals surface area contributed by atoms with Crippen LogP contribution in [0.1, 0.15) is 31.7 Å². The molecular weight excluding hydrogens is 294 g/mol. The van der Waals surface area contributed by atoms with Crippen LogP contribution in [0, 0.1) is 12.8 Å². The molecule has 0 spiro atoms. The van der Waals surface area contributed by atoms with Crippen molar-refractivity contribution < 1.29 is 4.74 Å². The topological polar surface area (TPSA) is 12.5 Å². The third-order valence-corrected chi connectivity index (χ3v) is 5.04. The average molecular weight is 323 g/mol. The second kappa shape index (κ2) is 8.34. The number of benzene rings is 2. The Morgan fingerprint density at radius 2 is 1.92 bits per heavy atom. The second-order valence-corrected chi connectivity index (χ2v) is 6.96. The number of aryl methyl sites for hydroxylation is 1. The van der Waals surface area contributed by atoms with Crippen LogP contribution in [0.15, 0.2) is 48.5 Å². The van der Waals surface area contributed by atoms with Gasteiger partial charge in [0.2, 0.25) is 0 Å². The molecule has 0 bridgehead atoms. The third-order valence-electron chi connectivity index (χ3n) is 5.04. The predicted octanol–water partition coefficient (Wildman–Crippen LogP) is 5.16. The number of hydrogen-bond donors (Lipinski definition) is 0. The van der Waals surface area contributed by atoms with Crippen LogP contribution in [0.25, 0.3) is 11.1 Å². The van der Waals surface area contributed by atoms with E-state index in [9.17, 15) is 0 Å². The van der Waals surface area contributed by atoms with Gasteiger partial charge >= 0.3 is 0 Å². The summed E-state index contributed by atoms with van der Waals surface area (Å²) < 4.78 is 5.91. The molecule has 0 saturated carbocycles. The lowest BCUT2D eigenvalue weighted by Crippen LogP contribution is -2.23. The quantitative estimate of drug-likeness (QED) is 0.652. The molecule has 1 aliphatic rings. The van der Waals surface area contributed by atoms with Gasteiger partial charge in [0, 0.05) is 13.1 Å². The number of hydrogen-bond acceptors (Lipinski definition) is 2. The fourth-order valence-electron chi connectivity index (χ4n) is 3.50. The summed E-state index contributed by atoms with van der Waals surface area (Å²) in [5.41, 5.74) is 3.80. The van der Waals surface area contributed by atoms with E-state index < -0.39 is 0 Å². The van der Waals surface area contributed by atoms with Crippen LogP contribution < -0.4 is 4.74 Å². The molecule has 1 saturated heterocycles. The van der Waals surface area contributed by atoms with E-state index in [1.165, 1.54) is 42.6 Å². The molecule has 0 aliphatic carbocycles. The number of ether oxygens (including phenoxy) is 1. The fraction of sp³-hybridized carbons (Fsp3) is 0.455. The van der Waals surface area contributed by atoms with Crippen LogP contribution in [0.3, 0.4) is 0 Å². The van der Waals surface area contributed by atoms with Gasteiger partial charge in [-0.1, -0.05) is 55.3 Å². The van der Waals surface area contributed by atoms with Gasteiger partial charge in [0.25, 0.3) is 0 Å². The van der Waals surface area contributed by atoms with E-state index in [-0.39, 0.29) is 0 Å². The van der Waals surface area contributed by atoms with Crippen LogP contribution in [-0.2, 0) is 0 Å². The number of likely N-dealkylation sites (tertiary alicyclic amines) is 1. The van der Waals surface area contributed by atoms with Gasteiger partial charge in [0.15, 0.2) is 0 Å². The first-order valence-electron chi connectivity index (χ1n) is 9.27. The summed E-state index contributed by atoms with van der Waals surface area (Å²) in [5.74, 6) is 1.89. The molecule has 3 rings (SSSR count). The smallest absolute Gasteiger partial charge is 0.119 e. The summed E-state index contributed by atoms with van der Waals surface area (Å²) in [6.45, 7) is 8.95. The number of rotatable bonds is 7. The van der Waals surface area contributed by atoms with Gasteiger partial charge < -0.3 is 9.64 Å². The molecule has 0 N–H and O–H groups in total. The Balaban J connectivity index is 1.43. The summed E-state index contributed by atoms with van der Waals surface area (Å²) in [5, 5.41) is 0. The predicted molar refractivity (Wildman–Crippen MR) is 102 cm³/mol. The van der Waals surface area contributed by atoms with Crippen molar-refractivity contribution in [1.29, 1.82) is 0 Å². The van der Waals surface area contributed by atoms with E-state index in [2.05, 4.69) is 67.3 Å². The van der Waals surface area contributed by atoms with Crippen LogP contribution in [0.4, 0.5) is 0 Å². The van der Waals surface area contributed by atoms with E-state index in [0.717, 1.165) is 31.2 Å². The molecule has 0 aromatic heterocycles. The Kier molecular flexibility index (Phi) is 5.92. The van der Waals surface area contributed by atoms with Crippen molar-refractivity contribution in [2.45, 2.75) is 33.1 Å². The zero-order chi connectivity index (χ0) is 16.8. The van der Waals surface area contributed by atoms with Crippen molar-refractivity contribution in [2.75, 3.05) is 26.2 Å². The first-order valence-corrected chi connectivity index (χ1v) is 9.27. The van der Waals surface area contributed by atoms with Crippen molar-refractivity contribution in [3.05, 3.63) is 54.1 Å². The lowest BCUT2D eigenvalue weighted by molar-refractivity contribution is 0.258. The second-order valence-electron chi connectivity index (χ2n) is 6.96. The molecule has 2 nitrogen and oxygen atoms in total. The zero-order valence-electron chi connectivity index (χ0n) is 15.0. The maximum Gasteiger partial charge on any atom is 0.119 e. The SMILES string of the molecule is CC[C@@H]1CCN(CCCOc2ccc(-c3cccc(C)c3)cc2)C1. The third kappa shape index (κ3) is 4.61. The molecule has 0 amide bonds. The van der Waals surface area contributed by atoms with Crippen LogP contribution in [-0.4, -0.2) is 31.1 Å². The van der Waals surface area contributed by atoms with Crippen LogP contribution in [0.5, 0.6) is 5.75 Å². The molecule has 1 atom stereocenters. The Hall–Kier alpha value is -1.80. The maximum absolute atomic E-state index is 5.91. The molecular formula is C22H29NO. The summed E-state index contributed by atoms with van der Waals surface area (Å²) in [6, 6.07) is 17.1. The minimum absolute atomic E-state index is 0.803. The van der Waals surface area contributed by atoms with Gasteiger partial charge in [-0.3, -0.25) is 0 Å².